The Hall–Kier alpha value is -2.92. The van der Waals surface area contributed by atoms with Crippen molar-refractivity contribution in [3.63, 3.8) is 0 Å². The summed E-state index contributed by atoms with van der Waals surface area (Å²) in [5, 5.41) is 22.1. The highest BCUT2D eigenvalue weighted by molar-refractivity contribution is 5.78. The van der Waals surface area contributed by atoms with E-state index in [0.717, 1.165) is 4.90 Å². The molecule has 0 amide bonds. The number of aliphatic carboxylic acids is 1. The number of rotatable bonds is 5. The van der Waals surface area contributed by atoms with Gasteiger partial charge in [-0.05, 0) is 26.0 Å². The number of hydrogen-bond acceptors (Lipinski definition) is 7. The molecule has 0 saturated carbocycles. The number of carbonyl (C=O) groups is 1. The van der Waals surface area contributed by atoms with Gasteiger partial charge in [0.15, 0.2) is 5.82 Å². The summed E-state index contributed by atoms with van der Waals surface area (Å²) in [7, 11) is 0. The molecule has 2 aromatic rings. The van der Waals surface area contributed by atoms with E-state index in [4.69, 9.17) is 14.6 Å². The molecule has 11 heteroatoms. The van der Waals surface area contributed by atoms with E-state index in [1.165, 1.54) is 6.92 Å². The van der Waals surface area contributed by atoms with Gasteiger partial charge in [-0.3, -0.25) is 9.69 Å². The molecular formula is C19H22F2N4O5. The highest BCUT2D eigenvalue weighted by atomic mass is 19.3. The predicted molar refractivity (Wildman–Crippen MR) is 103 cm³/mol. The van der Waals surface area contributed by atoms with Gasteiger partial charge in [0.1, 0.15) is 30.3 Å². The number of nitrogens with zero attached hydrogens (tertiary/aromatic N) is 3. The van der Waals surface area contributed by atoms with Crippen LogP contribution in [0.3, 0.4) is 0 Å². The van der Waals surface area contributed by atoms with Gasteiger partial charge in [0, 0.05) is 11.8 Å². The van der Waals surface area contributed by atoms with Crippen molar-refractivity contribution in [3.8, 4) is 17.1 Å². The first-order chi connectivity index (χ1) is 14.3. The smallest absolute Gasteiger partial charge is 0.325 e. The Balaban J connectivity index is 1.73. The van der Waals surface area contributed by atoms with Crippen molar-refractivity contribution in [3.05, 3.63) is 23.9 Å². The molecule has 1 aromatic heterocycles. The molecule has 2 aliphatic heterocycles. The molecule has 1 unspecified atom stereocenters. The second-order valence-electron chi connectivity index (χ2n) is 7.23. The number of aliphatic hydroxyl groups is 1. The zero-order valence-electron chi connectivity index (χ0n) is 16.4. The molecular weight excluding hydrogens is 402 g/mol. The van der Waals surface area contributed by atoms with Crippen molar-refractivity contribution in [1.82, 2.24) is 9.55 Å². The maximum Gasteiger partial charge on any atom is 0.325 e. The standard InChI is InChI=1S/C19H22F2N4O5/c1-9(18(26)27)22-11-3-4-12-14(7-11)29-6-5-24-10(2)16(23-17(12)24)25-13(15(20)21)8-30-19(25)28/h3-4,7,9,13,15,19,22,28H,5-6,8H2,1-2H3,(H,26,27)/t9-,13-,19?/m0/s1. The fourth-order valence-electron chi connectivity index (χ4n) is 3.68. The Bertz CT molecular complexity index is 967. The molecule has 3 atom stereocenters. The van der Waals surface area contributed by atoms with Gasteiger partial charge in [-0.1, -0.05) is 0 Å². The number of carboxylic acid groups (broad SMARTS) is 1. The number of ether oxygens (including phenoxy) is 2. The third-order valence-corrected chi connectivity index (χ3v) is 5.29. The molecule has 1 saturated heterocycles. The van der Waals surface area contributed by atoms with E-state index >= 15 is 0 Å². The molecule has 1 aromatic carbocycles. The number of halogens is 2. The maximum atomic E-state index is 13.4. The molecule has 0 radical (unpaired) electrons. The molecule has 9 nitrogen and oxygen atoms in total. The molecule has 3 heterocycles. The van der Waals surface area contributed by atoms with Crippen LogP contribution in [0.15, 0.2) is 18.2 Å². The van der Waals surface area contributed by atoms with Crippen LogP contribution >= 0.6 is 0 Å². The second-order valence-corrected chi connectivity index (χ2v) is 7.23. The Morgan fingerprint density at radius 2 is 2.17 bits per heavy atom. The number of carboxylic acids is 1. The third kappa shape index (κ3) is 3.43. The molecule has 0 aliphatic carbocycles. The van der Waals surface area contributed by atoms with Gasteiger partial charge < -0.3 is 29.6 Å². The van der Waals surface area contributed by atoms with E-state index in [9.17, 15) is 18.7 Å². The Morgan fingerprint density at radius 3 is 2.87 bits per heavy atom. The van der Waals surface area contributed by atoms with Crippen LogP contribution in [-0.2, 0) is 16.1 Å². The second kappa shape index (κ2) is 7.73. The SMILES string of the molecule is Cc1c(N2C(O)OC[C@H]2C(F)F)nc2n1CCOc1cc(N[C@@H](C)C(=O)O)ccc1-2. The predicted octanol–water partition coefficient (Wildman–Crippen LogP) is 1.88. The van der Waals surface area contributed by atoms with Gasteiger partial charge in [0.05, 0.1) is 24.4 Å². The van der Waals surface area contributed by atoms with Crippen LogP contribution in [0.25, 0.3) is 11.4 Å². The fourth-order valence-corrected chi connectivity index (χ4v) is 3.68. The van der Waals surface area contributed by atoms with E-state index in [1.54, 1.807) is 25.1 Å². The molecule has 0 bridgehead atoms. The number of fused-ring (bicyclic) bond motifs is 3. The molecule has 1 fully saturated rings. The molecule has 4 rings (SSSR count). The van der Waals surface area contributed by atoms with Crippen molar-refractivity contribution in [2.24, 2.45) is 0 Å². The molecule has 2 aliphatic rings. The van der Waals surface area contributed by atoms with Crippen molar-refractivity contribution in [2.75, 3.05) is 23.4 Å². The van der Waals surface area contributed by atoms with Crippen LogP contribution in [0.4, 0.5) is 20.3 Å². The number of imidazole rings is 1. The number of aromatic nitrogens is 2. The molecule has 3 N–H and O–H groups in total. The number of alkyl halides is 2. The van der Waals surface area contributed by atoms with E-state index in [-0.39, 0.29) is 12.4 Å². The normalized spacial score (nSPS) is 21.6. The Kier molecular flexibility index (Phi) is 5.24. The van der Waals surface area contributed by atoms with Crippen molar-refractivity contribution >= 4 is 17.5 Å². The average Bonchev–Trinajstić information content (AvgIpc) is 3.16. The first-order valence-corrected chi connectivity index (χ1v) is 9.47. The highest BCUT2D eigenvalue weighted by Crippen LogP contribution is 2.39. The molecule has 0 spiro atoms. The van der Waals surface area contributed by atoms with Gasteiger partial charge in [-0.25, -0.2) is 13.8 Å². The zero-order valence-corrected chi connectivity index (χ0v) is 16.4. The summed E-state index contributed by atoms with van der Waals surface area (Å²) in [6.07, 6.45) is -4.20. The van der Waals surface area contributed by atoms with Crippen LogP contribution in [0.2, 0.25) is 0 Å². The van der Waals surface area contributed by atoms with Gasteiger partial charge in [0.25, 0.3) is 6.43 Å². The lowest BCUT2D eigenvalue weighted by molar-refractivity contribution is -0.137. The quantitative estimate of drug-likeness (QED) is 0.668. The van der Waals surface area contributed by atoms with Crippen LogP contribution < -0.4 is 15.0 Å². The minimum atomic E-state index is -2.71. The fraction of sp³-hybridized carbons (Fsp3) is 0.474. The largest absolute Gasteiger partial charge is 0.491 e. The highest BCUT2D eigenvalue weighted by Gasteiger charge is 2.42. The molecule has 162 valence electrons. The van der Waals surface area contributed by atoms with Crippen molar-refractivity contribution in [2.45, 2.75) is 45.3 Å². The third-order valence-electron chi connectivity index (χ3n) is 5.29. The summed E-state index contributed by atoms with van der Waals surface area (Å²) in [6, 6.07) is 3.05. The van der Waals surface area contributed by atoms with E-state index in [1.807, 2.05) is 4.57 Å². The monoisotopic (exact) mass is 424 g/mol. The summed E-state index contributed by atoms with van der Waals surface area (Å²) in [5.74, 6) is 0.257. The zero-order chi connectivity index (χ0) is 21.6. The summed E-state index contributed by atoms with van der Waals surface area (Å²) >= 11 is 0. The topological polar surface area (TPSA) is 109 Å². The van der Waals surface area contributed by atoms with Crippen molar-refractivity contribution < 1.29 is 33.3 Å². The minimum Gasteiger partial charge on any atom is -0.491 e. The van der Waals surface area contributed by atoms with Gasteiger partial charge in [0.2, 0.25) is 6.41 Å². The number of hydrogen-bond donors (Lipinski definition) is 3. The number of nitrogens with one attached hydrogen (secondary N) is 1. The number of aliphatic hydroxyl groups excluding tert-OH is 1. The average molecular weight is 424 g/mol. The first-order valence-electron chi connectivity index (χ1n) is 9.47. The van der Waals surface area contributed by atoms with E-state index in [2.05, 4.69) is 10.3 Å². The summed E-state index contributed by atoms with van der Waals surface area (Å²) in [4.78, 5) is 16.7. The Labute approximate surface area is 170 Å². The van der Waals surface area contributed by atoms with E-state index in [0.29, 0.717) is 41.7 Å². The lowest BCUT2D eigenvalue weighted by Crippen LogP contribution is -2.42. The minimum absolute atomic E-state index is 0.231. The summed E-state index contributed by atoms with van der Waals surface area (Å²) in [6.45, 7) is 3.72. The lowest BCUT2D eigenvalue weighted by Gasteiger charge is -2.25. The van der Waals surface area contributed by atoms with Crippen molar-refractivity contribution in [1.29, 1.82) is 0 Å². The van der Waals surface area contributed by atoms with Crippen LogP contribution in [0.1, 0.15) is 12.6 Å². The van der Waals surface area contributed by atoms with E-state index < -0.39 is 30.9 Å². The summed E-state index contributed by atoms with van der Waals surface area (Å²) < 4.78 is 39.6. The van der Waals surface area contributed by atoms with Crippen LogP contribution in [0.5, 0.6) is 5.75 Å². The molecule has 30 heavy (non-hydrogen) atoms. The lowest BCUT2D eigenvalue weighted by atomic mass is 10.1. The number of anilines is 2. The van der Waals surface area contributed by atoms with Crippen LogP contribution in [0, 0.1) is 6.92 Å². The maximum absolute atomic E-state index is 13.4. The van der Waals surface area contributed by atoms with Gasteiger partial charge in [-0.2, -0.15) is 0 Å². The Morgan fingerprint density at radius 1 is 1.40 bits per heavy atom. The summed E-state index contributed by atoms with van der Waals surface area (Å²) in [5.41, 5.74) is 1.82. The van der Waals surface area contributed by atoms with Gasteiger partial charge >= 0.3 is 5.97 Å². The van der Waals surface area contributed by atoms with Gasteiger partial charge in [-0.15, -0.1) is 0 Å². The first kappa shape index (κ1) is 20.4. The van der Waals surface area contributed by atoms with Crippen LogP contribution in [-0.4, -0.2) is 63.9 Å². The number of benzene rings is 1.